The molecule has 0 unspecified atom stereocenters. The second-order valence-electron chi connectivity index (χ2n) is 5.94. The van der Waals surface area contributed by atoms with E-state index in [9.17, 15) is 9.59 Å². The molecule has 2 rings (SSSR count). The Bertz CT molecular complexity index is 623. The molecular formula is C22H28O4. The van der Waals surface area contributed by atoms with Crippen molar-refractivity contribution in [1.82, 2.24) is 0 Å². The Morgan fingerprint density at radius 2 is 1.27 bits per heavy atom. The van der Waals surface area contributed by atoms with Gasteiger partial charge in [0.2, 0.25) is 0 Å². The van der Waals surface area contributed by atoms with E-state index in [1.165, 1.54) is 25.7 Å². The standard InChI is InChI=1S/C15H22O2.C7H6O2/c1-2-3-4-5-6-10-13-17-15(16)14-11-8-7-9-12-14;8-7(9)6-4-2-1-3-5-6/h7-9,11-12H,2-6,10,13H2,1H3;1-5H,(H,8,9). The molecule has 1 N–H and O–H groups in total. The molecule has 0 bridgehead atoms. The Hall–Kier alpha value is -2.62. The van der Waals surface area contributed by atoms with E-state index < -0.39 is 5.97 Å². The van der Waals surface area contributed by atoms with E-state index in [0.717, 1.165) is 12.8 Å². The van der Waals surface area contributed by atoms with Crippen LogP contribution >= 0.6 is 0 Å². The molecule has 0 spiro atoms. The Morgan fingerprint density at radius 3 is 1.77 bits per heavy atom. The highest BCUT2D eigenvalue weighted by Gasteiger charge is 2.04. The van der Waals surface area contributed by atoms with Crippen molar-refractivity contribution < 1.29 is 19.4 Å². The molecule has 0 fully saturated rings. The number of ether oxygens (including phenoxy) is 1. The summed E-state index contributed by atoms with van der Waals surface area (Å²) in [5.74, 6) is -1.09. The molecule has 0 amide bonds. The van der Waals surface area contributed by atoms with Crippen molar-refractivity contribution in [3.63, 3.8) is 0 Å². The predicted octanol–water partition coefficient (Wildman–Crippen LogP) is 5.59. The molecule has 0 atom stereocenters. The van der Waals surface area contributed by atoms with Crippen LogP contribution in [-0.4, -0.2) is 23.7 Å². The number of carbonyl (C=O) groups is 2. The first-order valence-electron chi connectivity index (χ1n) is 9.15. The lowest BCUT2D eigenvalue weighted by Gasteiger charge is -2.04. The van der Waals surface area contributed by atoms with E-state index >= 15 is 0 Å². The Morgan fingerprint density at radius 1 is 0.769 bits per heavy atom. The third kappa shape index (κ3) is 9.62. The molecule has 0 aliphatic rings. The molecule has 4 heteroatoms. The fourth-order valence-corrected chi connectivity index (χ4v) is 2.29. The Kier molecular flexibility index (Phi) is 11.2. The van der Waals surface area contributed by atoms with Gasteiger partial charge in [0, 0.05) is 0 Å². The monoisotopic (exact) mass is 356 g/mol. The molecule has 26 heavy (non-hydrogen) atoms. The van der Waals surface area contributed by atoms with Crippen LogP contribution in [0.5, 0.6) is 0 Å². The molecule has 0 saturated heterocycles. The van der Waals surface area contributed by atoms with E-state index in [1.807, 2.05) is 18.2 Å². The normalized spacial score (nSPS) is 9.73. The number of unbranched alkanes of at least 4 members (excludes halogenated alkanes) is 5. The first kappa shape index (κ1) is 21.4. The van der Waals surface area contributed by atoms with Crippen molar-refractivity contribution in [3.8, 4) is 0 Å². The number of benzene rings is 2. The number of carbonyl (C=O) groups excluding carboxylic acids is 1. The first-order chi connectivity index (χ1) is 12.6. The predicted molar refractivity (Wildman–Crippen MR) is 104 cm³/mol. The van der Waals surface area contributed by atoms with Crippen molar-refractivity contribution in [1.29, 1.82) is 0 Å². The molecular weight excluding hydrogens is 328 g/mol. The molecule has 0 radical (unpaired) electrons. The van der Waals surface area contributed by atoms with Gasteiger partial charge in [-0.1, -0.05) is 75.4 Å². The molecule has 2 aromatic carbocycles. The van der Waals surface area contributed by atoms with E-state index in [2.05, 4.69) is 6.92 Å². The lowest BCUT2D eigenvalue weighted by molar-refractivity contribution is 0.0497. The fourth-order valence-electron chi connectivity index (χ4n) is 2.29. The van der Waals surface area contributed by atoms with Crippen LogP contribution in [0, 0.1) is 0 Å². The van der Waals surface area contributed by atoms with Crippen LogP contribution in [-0.2, 0) is 4.74 Å². The first-order valence-corrected chi connectivity index (χ1v) is 9.15. The Balaban J connectivity index is 0.000000314. The van der Waals surface area contributed by atoms with Gasteiger partial charge in [-0.2, -0.15) is 0 Å². The van der Waals surface area contributed by atoms with Crippen LogP contribution in [0.4, 0.5) is 0 Å². The number of rotatable bonds is 9. The zero-order valence-corrected chi connectivity index (χ0v) is 15.4. The molecule has 0 heterocycles. The van der Waals surface area contributed by atoms with Crippen LogP contribution in [0.1, 0.15) is 66.2 Å². The van der Waals surface area contributed by atoms with Crippen molar-refractivity contribution in [3.05, 3.63) is 71.8 Å². The number of carboxylic acid groups (broad SMARTS) is 1. The van der Waals surface area contributed by atoms with Crippen LogP contribution in [0.25, 0.3) is 0 Å². The lowest BCUT2D eigenvalue weighted by Crippen LogP contribution is -2.06. The van der Waals surface area contributed by atoms with E-state index in [4.69, 9.17) is 9.84 Å². The maximum atomic E-state index is 11.6. The van der Waals surface area contributed by atoms with Gasteiger partial charge in [-0.3, -0.25) is 0 Å². The topological polar surface area (TPSA) is 63.6 Å². The number of hydrogen-bond acceptors (Lipinski definition) is 3. The second-order valence-corrected chi connectivity index (χ2v) is 5.94. The van der Waals surface area contributed by atoms with Crippen LogP contribution in [0.2, 0.25) is 0 Å². The summed E-state index contributed by atoms with van der Waals surface area (Å²) in [6.45, 7) is 2.75. The van der Waals surface area contributed by atoms with Gasteiger partial charge in [0.1, 0.15) is 0 Å². The fraction of sp³-hybridized carbons (Fsp3) is 0.364. The molecule has 0 saturated carbocycles. The van der Waals surface area contributed by atoms with Gasteiger partial charge in [-0.25, -0.2) is 9.59 Å². The number of carboxylic acids is 1. The van der Waals surface area contributed by atoms with E-state index in [-0.39, 0.29) is 5.97 Å². The SMILES string of the molecule is CCCCCCCCOC(=O)c1ccccc1.O=C(O)c1ccccc1. The average molecular weight is 356 g/mol. The van der Waals surface area contributed by atoms with Gasteiger partial charge in [-0.15, -0.1) is 0 Å². The number of aromatic carboxylic acids is 1. The Labute approximate surface area is 155 Å². The van der Waals surface area contributed by atoms with E-state index in [0.29, 0.717) is 17.7 Å². The van der Waals surface area contributed by atoms with Crippen molar-refractivity contribution in [2.75, 3.05) is 6.61 Å². The van der Waals surface area contributed by atoms with Crippen molar-refractivity contribution >= 4 is 11.9 Å². The minimum absolute atomic E-state index is 0.209. The van der Waals surface area contributed by atoms with Crippen LogP contribution < -0.4 is 0 Å². The maximum Gasteiger partial charge on any atom is 0.338 e. The highest BCUT2D eigenvalue weighted by atomic mass is 16.5. The summed E-state index contributed by atoms with van der Waals surface area (Å²) in [6.07, 6.45) is 7.25. The zero-order chi connectivity index (χ0) is 19.0. The molecule has 2 aromatic rings. The molecule has 0 aliphatic carbocycles. The minimum atomic E-state index is -0.879. The summed E-state index contributed by atoms with van der Waals surface area (Å²) >= 11 is 0. The average Bonchev–Trinajstić information content (AvgIpc) is 2.69. The zero-order valence-electron chi connectivity index (χ0n) is 15.4. The highest BCUT2D eigenvalue weighted by Crippen LogP contribution is 2.06. The summed E-state index contributed by atoms with van der Waals surface area (Å²) in [7, 11) is 0. The van der Waals surface area contributed by atoms with Gasteiger partial charge in [-0.05, 0) is 30.7 Å². The number of esters is 1. The molecule has 0 aliphatic heterocycles. The lowest BCUT2D eigenvalue weighted by atomic mass is 10.1. The largest absolute Gasteiger partial charge is 0.478 e. The summed E-state index contributed by atoms with van der Waals surface area (Å²) in [6, 6.07) is 17.4. The third-order valence-electron chi connectivity index (χ3n) is 3.76. The summed E-state index contributed by atoms with van der Waals surface area (Å²) in [5, 5.41) is 8.38. The van der Waals surface area contributed by atoms with Gasteiger partial charge in [0.15, 0.2) is 0 Å². The van der Waals surface area contributed by atoms with E-state index in [1.54, 1.807) is 42.5 Å². The van der Waals surface area contributed by atoms with Gasteiger partial charge >= 0.3 is 11.9 Å². The summed E-state index contributed by atoms with van der Waals surface area (Å²) in [4.78, 5) is 21.8. The quantitative estimate of drug-likeness (QED) is 0.470. The highest BCUT2D eigenvalue weighted by molar-refractivity contribution is 5.89. The van der Waals surface area contributed by atoms with Crippen LogP contribution in [0.15, 0.2) is 60.7 Å². The smallest absolute Gasteiger partial charge is 0.338 e. The maximum absolute atomic E-state index is 11.6. The minimum Gasteiger partial charge on any atom is -0.478 e. The molecule has 140 valence electrons. The number of hydrogen-bond donors (Lipinski definition) is 1. The van der Waals surface area contributed by atoms with Crippen LogP contribution in [0.3, 0.4) is 0 Å². The van der Waals surface area contributed by atoms with Gasteiger partial charge in [0.25, 0.3) is 0 Å². The van der Waals surface area contributed by atoms with Gasteiger partial charge in [0.05, 0.1) is 17.7 Å². The second kappa shape index (κ2) is 13.6. The summed E-state index contributed by atoms with van der Waals surface area (Å²) in [5.41, 5.74) is 0.969. The molecule has 4 nitrogen and oxygen atoms in total. The summed E-state index contributed by atoms with van der Waals surface area (Å²) < 4.78 is 5.20. The van der Waals surface area contributed by atoms with Gasteiger partial charge < -0.3 is 9.84 Å². The van der Waals surface area contributed by atoms with Crippen molar-refractivity contribution in [2.24, 2.45) is 0 Å². The third-order valence-corrected chi connectivity index (χ3v) is 3.76. The van der Waals surface area contributed by atoms with Crippen molar-refractivity contribution in [2.45, 2.75) is 45.4 Å². The molecule has 0 aromatic heterocycles.